The monoisotopic (exact) mass is 581 g/mol. The lowest BCUT2D eigenvalue weighted by Crippen LogP contribution is -2.55. The fourth-order valence-corrected chi connectivity index (χ4v) is 9.59. The van der Waals surface area contributed by atoms with Gasteiger partial charge in [-0.3, -0.25) is 14.4 Å². The van der Waals surface area contributed by atoms with Gasteiger partial charge in [-0.05, 0) is 51.0 Å². The number of likely N-dealkylation sites (tertiary alicyclic amines) is 1. The molecule has 2 unspecified atom stereocenters. The summed E-state index contributed by atoms with van der Waals surface area (Å²) < 4.78 is -1.04. The molecule has 2 bridgehead atoms. The molecule has 0 aliphatic carbocycles. The second kappa shape index (κ2) is 13.6. The number of hydrogen-bond acceptors (Lipinski definition) is 5. The van der Waals surface area contributed by atoms with Crippen molar-refractivity contribution in [2.45, 2.75) is 80.9 Å². The number of benzene rings is 1. The first-order valence-corrected chi connectivity index (χ1v) is 16.0. The van der Waals surface area contributed by atoms with Crippen LogP contribution in [0.2, 0.25) is 0 Å². The highest BCUT2D eigenvalue weighted by atomic mass is 32.2. The van der Waals surface area contributed by atoms with Crippen molar-refractivity contribution in [3.8, 4) is 0 Å². The topological polar surface area (TPSA) is 81.2 Å². The van der Waals surface area contributed by atoms with Gasteiger partial charge in [0.25, 0.3) is 0 Å². The molecule has 1 spiro atoms. The molecule has 0 aromatic heterocycles. The van der Waals surface area contributed by atoms with Crippen molar-refractivity contribution in [2.75, 3.05) is 32.8 Å². The van der Waals surface area contributed by atoms with Gasteiger partial charge in [0.2, 0.25) is 17.7 Å². The highest BCUT2D eigenvalue weighted by Gasteiger charge is 2.77. The number of unbranched alkanes of at least 4 members (excludes halogenated alkanes) is 3. The highest BCUT2D eigenvalue weighted by Crippen LogP contribution is 2.71. The zero-order valence-electron chi connectivity index (χ0n) is 24.8. The van der Waals surface area contributed by atoms with Crippen LogP contribution in [0, 0.1) is 11.8 Å². The number of aliphatic hydroxyl groups excluding tert-OH is 1. The van der Waals surface area contributed by atoms with Crippen molar-refractivity contribution in [2.24, 2.45) is 11.8 Å². The molecule has 3 saturated heterocycles. The van der Waals surface area contributed by atoms with E-state index in [1.807, 2.05) is 40.1 Å². The van der Waals surface area contributed by atoms with Crippen LogP contribution in [-0.2, 0) is 20.9 Å². The van der Waals surface area contributed by atoms with E-state index in [2.05, 4.69) is 27.0 Å². The molecule has 3 heterocycles. The zero-order valence-corrected chi connectivity index (χ0v) is 25.6. The first-order chi connectivity index (χ1) is 19.8. The van der Waals surface area contributed by atoms with Gasteiger partial charge in [0.15, 0.2) is 0 Å². The Morgan fingerprint density at radius 2 is 1.76 bits per heavy atom. The summed E-state index contributed by atoms with van der Waals surface area (Å²) >= 11 is 1.73. The largest absolute Gasteiger partial charge is 0.396 e. The summed E-state index contributed by atoms with van der Waals surface area (Å²) in [5.41, 5.74) is 1.03. The van der Waals surface area contributed by atoms with E-state index in [9.17, 15) is 19.5 Å². The maximum atomic E-state index is 14.4. The molecule has 1 aromatic carbocycles. The van der Waals surface area contributed by atoms with E-state index in [0.29, 0.717) is 45.6 Å². The summed E-state index contributed by atoms with van der Waals surface area (Å²) in [6.07, 6.45) is 9.05. The first-order valence-electron chi connectivity index (χ1n) is 15.2. The number of aliphatic hydroxyl groups is 1. The molecule has 5 atom stereocenters. The van der Waals surface area contributed by atoms with Crippen LogP contribution in [0.15, 0.2) is 55.6 Å². The van der Waals surface area contributed by atoms with Gasteiger partial charge in [-0.1, -0.05) is 55.8 Å². The van der Waals surface area contributed by atoms with E-state index >= 15 is 0 Å². The number of nitrogens with zero attached hydrogens (tertiary/aromatic N) is 3. The van der Waals surface area contributed by atoms with Crippen LogP contribution in [0.25, 0.3) is 0 Å². The Morgan fingerprint density at radius 1 is 1.05 bits per heavy atom. The summed E-state index contributed by atoms with van der Waals surface area (Å²) in [6.45, 7) is 14.5. The van der Waals surface area contributed by atoms with Gasteiger partial charge in [-0.2, -0.15) is 0 Å². The first kappa shape index (κ1) is 31.4. The van der Waals surface area contributed by atoms with E-state index in [4.69, 9.17) is 0 Å². The Labute approximate surface area is 250 Å². The summed E-state index contributed by atoms with van der Waals surface area (Å²) in [7, 11) is 0. The van der Waals surface area contributed by atoms with Crippen LogP contribution >= 0.6 is 11.8 Å². The van der Waals surface area contributed by atoms with Crippen LogP contribution in [0.5, 0.6) is 0 Å². The third kappa shape index (κ3) is 6.00. The highest BCUT2D eigenvalue weighted by molar-refractivity contribution is 8.02. The lowest BCUT2D eigenvalue weighted by molar-refractivity contribution is -0.146. The predicted octanol–water partition coefficient (Wildman–Crippen LogP) is 4.66. The van der Waals surface area contributed by atoms with Gasteiger partial charge in [0, 0.05) is 44.1 Å². The molecule has 4 rings (SSSR count). The van der Waals surface area contributed by atoms with Gasteiger partial charge < -0.3 is 19.8 Å². The Kier molecular flexibility index (Phi) is 10.4. The molecule has 1 aromatic rings. The summed E-state index contributed by atoms with van der Waals surface area (Å²) in [4.78, 5) is 48.7. The molecule has 3 fully saturated rings. The second-order valence-electron chi connectivity index (χ2n) is 12.0. The maximum absolute atomic E-state index is 14.4. The average molecular weight is 582 g/mol. The zero-order chi connectivity index (χ0) is 29.6. The van der Waals surface area contributed by atoms with Crippen molar-refractivity contribution in [3.63, 3.8) is 0 Å². The minimum atomic E-state index is -0.627. The van der Waals surface area contributed by atoms with E-state index in [1.54, 1.807) is 28.8 Å². The van der Waals surface area contributed by atoms with Crippen LogP contribution in [0.4, 0.5) is 0 Å². The number of rotatable bonds is 16. The fourth-order valence-electron chi connectivity index (χ4n) is 7.25. The molecular formula is C33H47N3O4S. The minimum absolute atomic E-state index is 0.0200. The normalized spacial score (nSPS) is 28.0. The number of hydrogen-bond donors (Lipinski definition) is 1. The summed E-state index contributed by atoms with van der Waals surface area (Å²) in [5.74, 6) is -1.14. The minimum Gasteiger partial charge on any atom is -0.396 e. The lowest BCUT2D eigenvalue weighted by atomic mass is 9.66. The number of thioether (sulfide) groups is 1. The Bertz CT molecular complexity index is 1110. The lowest BCUT2D eigenvalue weighted by Gasteiger charge is -2.38. The van der Waals surface area contributed by atoms with Gasteiger partial charge in [-0.15, -0.1) is 24.9 Å². The Balaban J connectivity index is 1.71. The predicted molar refractivity (Wildman–Crippen MR) is 165 cm³/mol. The molecule has 224 valence electrons. The molecular weight excluding hydrogens is 534 g/mol. The van der Waals surface area contributed by atoms with Gasteiger partial charge in [0.1, 0.15) is 6.04 Å². The van der Waals surface area contributed by atoms with Crippen LogP contribution in [0.3, 0.4) is 0 Å². The van der Waals surface area contributed by atoms with Crippen LogP contribution in [0.1, 0.15) is 64.4 Å². The molecule has 1 N–H and O–H groups in total. The number of carbonyl (C=O) groups is 3. The van der Waals surface area contributed by atoms with Gasteiger partial charge >= 0.3 is 0 Å². The van der Waals surface area contributed by atoms with Crippen molar-refractivity contribution in [3.05, 3.63) is 61.2 Å². The van der Waals surface area contributed by atoms with Crippen molar-refractivity contribution < 1.29 is 19.5 Å². The van der Waals surface area contributed by atoms with E-state index in [-0.39, 0.29) is 24.3 Å². The van der Waals surface area contributed by atoms with Crippen LogP contribution < -0.4 is 0 Å². The average Bonchev–Trinajstić information content (AvgIpc) is 3.53. The number of carbonyl (C=O) groups excluding carboxylic acids is 3. The quantitative estimate of drug-likeness (QED) is 0.227. The van der Waals surface area contributed by atoms with Gasteiger partial charge in [-0.25, -0.2) is 0 Å². The molecule has 7 nitrogen and oxygen atoms in total. The van der Waals surface area contributed by atoms with E-state index in [1.165, 1.54) is 0 Å². The molecule has 0 radical (unpaired) electrons. The van der Waals surface area contributed by atoms with Crippen molar-refractivity contribution in [1.82, 2.24) is 14.7 Å². The third-order valence-electron chi connectivity index (χ3n) is 9.15. The van der Waals surface area contributed by atoms with Crippen molar-refractivity contribution >= 4 is 29.5 Å². The SMILES string of the molecule is C=CCN(CCCC)C(=O)C1N(CCCCCO)C(=O)[C@@H]2[C@@H](C(=O)N(CC=C)Cc3ccccc3)[C@@]3(C)CCC12S3. The Hall–Kier alpha value is -2.58. The second-order valence-corrected chi connectivity index (χ2v) is 13.9. The Morgan fingerprint density at radius 3 is 2.41 bits per heavy atom. The van der Waals surface area contributed by atoms with Crippen molar-refractivity contribution in [1.29, 1.82) is 0 Å². The van der Waals surface area contributed by atoms with Crippen LogP contribution in [-0.4, -0.2) is 85.8 Å². The molecule has 3 aliphatic heterocycles. The molecule has 0 saturated carbocycles. The number of amides is 3. The standard InChI is InChI=1S/C33H47N3O4S/c1-5-8-21-34(19-6-2)31(40)28-33-18-17-32(4,41-33)26(27(33)30(39)36(28)22-13-10-14-23-37)29(38)35(20-7-3)24-25-15-11-9-12-16-25/h6-7,9,11-12,15-16,26-28,37H,2-3,5,8,10,13-14,17-24H2,1,4H3/t26-,27-,28?,32+,33?/m0/s1. The van der Waals surface area contributed by atoms with E-state index in [0.717, 1.165) is 37.7 Å². The maximum Gasteiger partial charge on any atom is 0.247 e. The fraction of sp³-hybridized carbons (Fsp3) is 0.606. The smallest absolute Gasteiger partial charge is 0.247 e. The van der Waals surface area contributed by atoms with Gasteiger partial charge in [0.05, 0.1) is 16.6 Å². The summed E-state index contributed by atoms with van der Waals surface area (Å²) in [5, 5.41) is 9.30. The van der Waals surface area contributed by atoms with E-state index < -0.39 is 27.4 Å². The molecule has 3 aliphatic rings. The number of fused-ring (bicyclic) bond motifs is 1. The third-order valence-corrected chi connectivity index (χ3v) is 11.1. The summed E-state index contributed by atoms with van der Waals surface area (Å²) in [6, 6.07) is 9.31. The molecule has 41 heavy (non-hydrogen) atoms. The molecule has 8 heteroatoms. The molecule has 3 amide bonds.